The molecule has 2 aromatic rings. The van der Waals surface area contributed by atoms with Gasteiger partial charge in [-0.3, -0.25) is 0 Å². The van der Waals surface area contributed by atoms with Gasteiger partial charge in [0.15, 0.2) is 0 Å². The fraction of sp³-hybridized carbons (Fsp3) is 0. The van der Waals surface area contributed by atoms with Gasteiger partial charge in [0.25, 0.3) is 0 Å². The van der Waals surface area contributed by atoms with Crippen LogP contribution in [0.1, 0.15) is 11.1 Å². The van der Waals surface area contributed by atoms with Crippen molar-refractivity contribution in [2.45, 2.75) is 0 Å². The summed E-state index contributed by atoms with van der Waals surface area (Å²) in [7, 11) is 0. The molecule has 110 valence electrons. The molecule has 0 radical (unpaired) electrons. The second-order valence-electron chi connectivity index (χ2n) is 4.51. The van der Waals surface area contributed by atoms with Crippen molar-refractivity contribution < 1.29 is 19.8 Å². The summed E-state index contributed by atoms with van der Waals surface area (Å²) in [5, 5.41) is 22.7. The number of aliphatic carboxylic acids is 2. The highest BCUT2D eigenvalue weighted by Crippen LogP contribution is 2.17. The summed E-state index contributed by atoms with van der Waals surface area (Å²) < 4.78 is 0. The largest absolute Gasteiger partial charge is 0.545 e. The van der Waals surface area contributed by atoms with Crippen LogP contribution in [0.5, 0.6) is 0 Å². The highest BCUT2D eigenvalue weighted by Gasteiger charge is 2.08. The molecular weight excluding hydrogens is 280 g/mol. The lowest BCUT2D eigenvalue weighted by atomic mass is 10.0. The van der Waals surface area contributed by atoms with Gasteiger partial charge in [-0.05, 0) is 23.3 Å². The number of rotatable bonds is 5. The van der Waals surface area contributed by atoms with Crippen LogP contribution in [0, 0.1) is 0 Å². The summed E-state index contributed by atoms with van der Waals surface area (Å²) in [5.74, 6) is -3.15. The molecule has 0 N–H and O–H groups in total. The first-order valence-corrected chi connectivity index (χ1v) is 6.54. The van der Waals surface area contributed by atoms with Crippen LogP contribution in [-0.2, 0) is 9.59 Å². The van der Waals surface area contributed by atoms with Crippen molar-refractivity contribution in [2.24, 2.45) is 0 Å². The van der Waals surface area contributed by atoms with Crippen molar-refractivity contribution >= 4 is 24.1 Å². The number of carbonyl (C=O) groups excluding carboxylic acids is 2. The van der Waals surface area contributed by atoms with Gasteiger partial charge in [-0.15, -0.1) is 0 Å². The zero-order chi connectivity index (χ0) is 15.9. The van der Waals surface area contributed by atoms with E-state index in [4.69, 9.17) is 0 Å². The minimum Gasteiger partial charge on any atom is -0.545 e. The van der Waals surface area contributed by atoms with Crippen LogP contribution in [-0.4, -0.2) is 11.9 Å². The van der Waals surface area contributed by atoms with Gasteiger partial charge in [0.2, 0.25) is 0 Å². The Kier molecular flexibility index (Phi) is 4.88. The number of carboxylic acid groups (broad SMARTS) is 2. The molecular formula is C18H12O4-2. The number of hydrogen-bond donors (Lipinski definition) is 0. The average Bonchev–Trinajstić information content (AvgIpc) is 2.52. The lowest BCUT2D eigenvalue weighted by molar-refractivity contribution is -0.304. The Morgan fingerprint density at radius 3 is 1.23 bits per heavy atom. The molecule has 0 aliphatic heterocycles. The van der Waals surface area contributed by atoms with Crippen LogP contribution in [0.15, 0.2) is 71.8 Å². The molecule has 0 unspecified atom stereocenters. The lowest BCUT2D eigenvalue weighted by Gasteiger charge is -2.15. The summed E-state index contributed by atoms with van der Waals surface area (Å²) in [4.78, 5) is 22.7. The van der Waals surface area contributed by atoms with Gasteiger partial charge in [-0.25, -0.2) is 0 Å². The monoisotopic (exact) mass is 292 g/mol. The Hall–Kier alpha value is -3.14. The molecule has 2 aromatic carbocycles. The van der Waals surface area contributed by atoms with Crippen LogP contribution in [0.25, 0.3) is 12.2 Å². The van der Waals surface area contributed by atoms with Crippen LogP contribution >= 0.6 is 0 Å². The van der Waals surface area contributed by atoms with Gasteiger partial charge in [-0.1, -0.05) is 60.7 Å². The first-order chi connectivity index (χ1) is 10.6. The summed E-state index contributed by atoms with van der Waals surface area (Å²) >= 11 is 0. The Labute approximate surface area is 127 Å². The predicted octanol–water partition coefficient (Wildman–Crippen LogP) is 0.653. The van der Waals surface area contributed by atoms with Gasteiger partial charge in [0, 0.05) is 11.1 Å². The highest BCUT2D eigenvalue weighted by atomic mass is 16.4. The fourth-order valence-electron chi connectivity index (χ4n) is 1.93. The standard InChI is InChI=1S/C18H14O4/c19-17(20)15(11-13-7-3-1-4-8-13)16(18(21)22)12-14-9-5-2-6-10-14/h1-12H,(H,19,20)(H,21,22)/p-2/b15-11-,16-12-. The molecule has 0 saturated carbocycles. The van der Waals surface area contributed by atoms with E-state index in [2.05, 4.69) is 0 Å². The molecule has 0 heterocycles. The molecule has 0 saturated heterocycles. The van der Waals surface area contributed by atoms with Crippen molar-refractivity contribution in [3.63, 3.8) is 0 Å². The summed E-state index contributed by atoms with van der Waals surface area (Å²) in [5.41, 5.74) is 0.244. The maximum Gasteiger partial charge on any atom is 0.0722 e. The molecule has 0 bridgehead atoms. The molecule has 4 heteroatoms. The molecule has 22 heavy (non-hydrogen) atoms. The van der Waals surface area contributed by atoms with E-state index in [0.717, 1.165) is 0 Å². The zero-order valence-corrected chi connectivity index (χ0v) is 11.6. The van der Waals surface area contributed by atoms with Crippen LogP contribution < -0.4 is 10.2 Å². The predicted molar refractivity (Wildman–Crippen MR) is 78.9 cm³/mol. The van der Waals surface area contributed by atoms with Crippen molar-refractivity contribution in [2.75, 3.05) is 0 Å². The summed E-state index contributed by atoms with van der Waals surface area (Å²) in [6, 6.07) is 17.1. The minimum absolute atomic E-state index is 0.435. The first kappa shape index (κ1) is 15.3. The van der Waals surface area contributed by atoms with E-state index >= 15 is 0 Å². The maximum absolute atomic E-state index is 11.3. The van der Waals surface area contributed by atoms with Gasteiger partial charge < -0.3 is 19.8 Å². The average molecular weight is 292 g/mol. The van der Waals surface area contributed by atoms with Crippen molar-refractivity contribution in [1.29, 1.82) is 0 Å². The van der Waals surface area contributed by atoms with E-state index in [1.54, 1.807) is 60.7 Å². The first-order valence-electron chi connectivity index (χ1n) is 6.54. The summed E-state index contributed by atoms with van der Waals surface area (Å²) in [6.07, 6.45) is 2.50. The topological polar surface area (TPSA) is 80.3 Å². The third-order valence-corrected chi connectivity index (χ3v) is 2.95. The quantitative estimate of drug-likeness (QED) is 0.598. The number of benzene rings is 2. The van der Waals surface area contributed by atoms with E-state index < -0.39 is 23.1 Å². The van der Waals surface area contributed by atoms with Crippen LogP contribution in [0.3, 0.4) is 0 Å². The Bertz CT molecular complexity index is 663. The third kappa shape index (κ3) is 3.93. The normalized spacial score (nSPS) is 12.0. The lowest BCUT2D eigenvalue weighted by Crippen LogP contribution is -2.32. The second kappa shape index (κ2) is 7.04. The van der Waals surface area contributed by atoms with E-state index in [1.807, 2.05) is 0 Å². The SMILES string of the molecule is O=C([O-])C(=C\c1ccccc1)/C(=C/c1ccccc1)C(=O)[O-]. The molecule has 0 spiro atoms. The number of carbonyl (C=O) groups is 2. The fourth-order valence-corrected chi connectivity index (χ4v) is 1.93. The molecule has 0 aromatic heterocycles. The van der Waals surface area contributed by atoms with Gasteiger partial charge in [0.05, 0.1) is 11.9 Å². The van der Waals surface area contributed by atoms with E-state index in [9.17, 15) is 19.8 Å². The number of carboxylic acids is 2. The highest BCUT2D eigenvalue weighted by molar-refractivity contribution is 6.10. The van der Waals surface area contributed by atoms with Crippen molar-refractivity contribution in [3.05, 3.63) is 82.9 Å². The zero-order valence-electron chi connectivity index (χ0n) is 11.6. The molecule has 0 aliphatic rings. The van der Waals surface area contributed by atoms with Gasteiger partial charge in [-0.2, -0.15) is 0 Å². The molecule has 0 fully saturated rings. The molecule has 4 nitrogen and oxygen atoms in total. The van der Waals surface area contributed by atoms with Gasteiger partial charge in [0.1, 0.15) is 0 Å². The third-order valence-electron chi connectivity index (χ3n) is 2.95. The maximum atomic E-state index is 11.3. The molecule has 2 rings (SSSR count). The van der Waals surface area contributed by atoms with E-state index in [-0.39, 0.29) is 0 Å². The minimum atomic E-state index is -1.57. The summed E-state index contributed by atoms with van der Waals surface area (Å²) in [6.45, 7) is 0. The van der Waals surface area contributed by atoms with E-state index in [0.29, 0.717) is 11.1 Å². The van der Waals surface area contributed by atoms with E-state index in [1.165, 1.54) is 12.2 Å². The second-order valence-corrected chi connectivity index (χ2v) is 4.51. The van der Waals surface area contributed by atoms with Gasteiger partial charge >= 0.3 is 0 Å². The smallest absolute Gasteiger partial charge is 0.0722 e. The van der Waals surface area contributed by atoms with Crippen LogP contribution in [0.4, 0.5) is 0 Å². The molecule has 0 aliphatic carbocycles. The Morgan fingerprint density at radius 1 is 0.636 bits per heavy atom. The molecule has 0 atom stereocenters. The Morgan fingerprint density at radius 2 is 0.955 bits per heavy atom. The van der Waals surface area contributed by atoms with Crippen molar-refractivity contribution in [3.8, 4) is 0 Å². The van der Waals surface area contributed by atoms with Crippen molar-refractivity contribution in [1.82, 2.24) is 0 Å². The molecule has 0 amide bonds. The Balaban J connectivity index is 2.52. The number of hydrogen-bond acceptors (Lipinski definition) is 4. The van der Waals surface area contributed by atoms with Crippen LogP contribution in [0.2, 0.25) is 0 Å².